The molecule has 1 fully saturated rings. The Kier molecular flexibility index (Phi) is 5.22. The van der Waals surface area contributed by atoms with E-state index in [-0.39, 0.29) is 12.6 Å². The van der Waals surface area contributed by atoms with E-state index in [4.69, 9.17) is 10.5 Å². The first-order chi connectivity index (χ1) is 7.64. The van der Waals surface area contributed by atoms with Gasteiger partial charge in [0.2, 0.25) is 0 Å². The van der Waals surface area contributed by atoms with Crippen LogP contribution in [0, 0.1) is 5.41 Å². The van der Waals surface area contributed by atoms with Crippen LogP contribution in [0.2, 0.25) is 0 Å². The Hall–Kier alpha value is -0.610. The van der Waals surface area contributed by atoms with Crippen molar-refractivity contribution >= 4 is 5.97 Å². The fraction of sp³-hybridized carbons (Fsp3) is 0.917. The van der Waals surface area contributed by atoms with Crippen molar-refractivity contribution < 1.29 is 14.6 Å². The molecule has 0 aromatic carbocycles. The number of hydrogen-bond donors (Lipinski definition) is 2. The Morgan fingerprint density at radius 3 is 2.75 bits per heavy atom. The number of hydrogen-bond acceptors (Lipinski definition) is 3. The number of carboxylic acids is 1. The van der Waals surface area contributed by atoms with E-state index in [1.165, 1.54) is 0 Å². The van der Waals surface area contributed by atoms with Crippen molar-refractivity contribution in [1.29, 1.82) is 0 Å². The topological polar surface area (TPSA) is 72.5 Å². The molecule has 2 unspecified atom stereocenters. The van der Waals surface area contributed by atoms with E-state index in [1.807, 2.05) is 6.92 Å². The number of ether oxygens (including phenoxy) is 1. The van der Waals surface area contributed by atoms with E-state index in [1.54, 1.807) is 0 Å². The monoisotopic (exact) mass is 229 g/mol. The Balaban J connectivity index is 2.50. The van der Waals surface area contributed by atoms with Gasteiger partial charge in [-0.3, -0.25) is 4.79 Å². The van der Waals surface area contributed by atoms with Crippen molar-refractivity contribution in [3.8, 4) is 0 Å². The molecule has 1 heterocycles. The van der Waals surface area contributed by atoms with Gasteiger partial charge in [-0.25, -0.2) is 0 Å². The third kappa shape index (κ3) is 3.19. The molecule has 0 aromatic heterocycles. The highest BCUT2D eigenvalue weighted by Gasteiger charge is 2.36. The van der Waals surface area contributed by atoms with E-state index in [2.05, 4.69) is 0 Å². The molecule has 94 valence electrons. The predicted octanol–water partition coefficient (Wildman–Crippen LogP) is 1.78. The minimum absolute atomic E-state index is 0.225. The van der Waals surface area contributed by atoms with Crippen molar-refractivity contribution in [2.24, 2.45) is 11.1 Å². The second kappa shape index (κ2) is 6.21. The molecule has 4 nitrogen and oxygen atoms in total. The zero-order valence-corrected chi connectivity index (χ0v) is 10.1. The van der Waals surface area contributed by atoms with Crippen LogP contribution in [0.5, 0.6) is 0 Å². The summed E-state index contributed by atoms with van der Waals surface area (Å²) in [6.07, 6.45) is 5.39. The van der Waals surface area contributed by atoms with Crippen LogP contribution in [0.15, 0.2) is 0 Å². The molecule has 0 spiro atoms. The Bertz CT molecular complexity index is 226. The van der Waals surface area contributed by atoms with Gasteiger partial charge in [-0.2, -0.15) is 0 Å². The molecule has 0 aromatic rings. The van der Waals surface area contributed by atoms with Crippen LogP contribution in [0.25, 0.3) is 0 Å². The molecule has 0 amide bonds. The van der Waals surface area contributed by atoms with Crippen LogP contribution in [0.4, 0.5) is 0 Å². The molecular formula is C12H23NO3. The summed E-state index contributed by atoms with van der Waals surface area (Å²) in [4.78, 5) is 11.3. The lowest BCUT2D eigenvalue weighted by atomic mass is 9.78. The second-order valence-electron chi connectivity index (χ2n) is 4.71. The van der Waals surface area contributed by atoms with Gasteiger partial charge in [-0.05, 0) is 32.1 Å². The van der Waals surface area contributed by atoms with Gasteiger partial charge in [0, 0.05) is 13.2 Å². The van der Waals surface area contributed by atoms with Gasteiger partial charge in [0.25, 0.3) is 0 Å². The van der Waals surface area contributed by atoms with Crippen molar-refractivity contribution in [3.63, 3.8) is 0 Å². The number of aliphatic carboxylic acids is 1. The molecule has 0 bridgehead atoms. The van der Waals surface area contributed by atoms with Crippen molar-refractivity contribution in [2.45, 2.75) is 51.6 Å². The highest BCUT2D eigenvalue weighted by Crippen LogP contribution is 2.31. The Morgan fingerprint density at radius 2 is 2.31 bits per heavy atom. The van der Waals surface area contributed by atoms with E-state index in [9.17, 15) is 9.90 Å². The molecule has 1 aliphatic heterocycles. The molecule has 16 heavy (non-hydrogen) atoms. The average molecular weight is 229 g/mol. The highest BCUT2D eigenvalue weighted by atomic mass is 16.5. The zero-order chi connectivity index (χ0) is 12.0. The molecule has 4 heteroatoms. The molecule has 0 saturated carbocycles. The van der Waals surface area contributed by atoms with Crippen molar-refractivity contribution in [1.82, 2.24) is 0 Å². The maximum Gasteiger partial charge on any atom is 0.310 e. The number of carbonyl (C=O) groups is 1. The van der Waals surface area contributed by atoms with Crippen LogP contribution >= 0.6 is 0 Å². The van der Waals surface area contributed by atoms with Crippen molar-refractivity contribution in [3.05, 3.63) is 0 Å². The highest BCUT2D eigenvalue weighted by molar-refractivity contribution is 5.74. The van der Waals surface area contributed by atoms with E-state index in [0.29, 0.717) is 12.8 Å². The summed E-state index contributed by atoms with van der Waals surface area (Å²) >= 11 is 0. The average Bonchev–Trinajstić information content (AvgIpc) is 2.76. The molecule has 2 atom stereocenters. The molecule has 1 saturated heterocycles. The minimum atomic E-state index is -0.755. The van der Waals surface area contributed by atoms with Gasteiger partial charge in [0.1, 0.15) is 0 Å². The Morgan fingerprint density at radius 1 is 1.56 bits per heavy atom. The summed E-state index contributed by atoms with van der Waals surface area (Å²) in [5, 5.41) is 9.31. The fourth-order valence-electron chi connectivity index (χ4n) is 2.42. The molecule has 1 aliphatic rings. The maximum atomic E-state index is 11.3. The Labute approximate surface area is 97.2 Å². The first-order valence-corrected chi connectivity index (χ1v) is 6.19. The number of rotatable bonds is 7. The summed E-state index contributed by atoms with van der Waals surface area (Å²) in [7, 11) is 0. The van der Waals surface area contributed by atoms with E-state index in [0.717, 1.165) is 32.3 Å². The lowest BCUT2D eigenvalue weighted by Crippen LogP contribution is -2.39. The van der Waals surface area contributed by atoms with Gasteiger partial charge in [0.15, 0.2) is 0 Å². The summed E-state index contributed by atoms with van der Waals surface area (Å²) in [6, 6.07) is 0. The summed E-state index contributed by atoms with van der Waals surface area (Å²) < 4.78 is 5.52. The quantitative estimate of drug-likeness (QED) is 0.698. The van der Waals surface area contributed by atoms with Crippen molar-refractivity contribution in [2.75, 3.05) is 13.2 Å². The normalized spacial score (nSPS) is 24.2. The fourth-order valence-corrected chi connectivity index (χ4v) is 2.42. The first-order valence-electron chi connectivity index (χ1n) is 6.19. The van der Waals surface area contributed by atoms with E-state index >= 15 is 0 Å². The molecular weight excluding hydrogens is 206 g/mol. The van der Waals surface area contributed by atoms with Crippen LogP contribution in [0.3, 0.4) is 0 Å². The van der Waals surface area contributed by atoms with Crippen LogP contribution in [-0.2, 0) is 9.53 Å². The van der Waals surface area contributed by atoms with Gasteiger partial charge >= 0.3 is 5.97 Å². The third-order valence-electron chi connectivity index (χ3n) is 3.54. The lowest BCUT2D eigenvalue weighted by Gasteiger charge is -2.28. The van der Waals surface area contributed by atoms with Gasteiger partial charge in [-0.1, -0.05) is 13.3 Å². The van der Waals surface area contributed by atoms with Gasteiger partial charge in [0.05, 0.1) is 11.5 Å². The second-order valence-corrected chi connectivity index (χ2v) is 4.71. The smallest absolute Gasteiger partial charge is 0.310 e. The largest absolute Gasteiger partial charge is 0.481 e. The first kappa shape index (κ1) is 13.5. The molecule has 1 rings (SSSR count). The SMILES string of the molecule is CCCC(CN)(CCC1CCCO1)C(=O)O. The third-order valence-corrected chi connectivity index (χ3v) is 3.54. The molecule has 0 radical (unpaired) electrons. The van der Waals surface area contributed by atoms with Gasteiger partial charge < -0.3 is 15.6 Å². The molecule has 0 aliphatic carbocycles. The summed E-state index contributed by atoms with van der Waals surface area (Å²) in [6.45, 7) is 3.05. The number of nitrogens with two attached hydrogens (primary N) is 1. The van der Waals surface area contributed by atoms with Crippen LogP contribution in [0.1, 0.15) is 45.4 Å². The predicted molar refractivity (Wildman–Crippen MR) is 62.2 cm³/mol. The number of carboxylic acid groups (broad SMARTS) is 1. The maximum absolute atomic E-state index is 11.3. The zero-order valence-electron chi connectivity index (χ0n) is 10.1. The van der Waals surface area contributed by atoms with Crippen LogP contribution < -0.4 is 5.73 Å². The van der Waals surface area contributed by atoms with E-state index < -0.39 is 11.4 Å². The van der Waals surface area contributed by atoms with Gasteiger partial charge in [-0.15, -0.1) is 0 Å². The van der Waals surface area contributed by atoms with Crippen LogP contribution in [-0.4, -0.2) is 30.3 Å². The summed E-state index contributed by atoms with van der Waals surface area (Å²) in [5.41, 5.74) is 4.92. The standard InChI is InChI=1S/C12H23NO3/c1-2-6-12(9-13,11(14)15)7-5-10-4-3-8-16-10/h10H,2-9,13H2,1H3,(H,14,15). The lowest BCUT2D eigenvalue weighted by molar-refractivity contribution is -0.149. The summed E-state index contributed by atoms with van der Waals surface area (Å²) in [5.74, 6) is -0.755. The minimum Gasteiger partial charge on any atom is -0.481 e. The molecule has 3 N–H and O–H groups in total.